The molecule has 1 unspecified atom stereocenters. The van der Waals surface area contributed by atoms with Crippen molar-refractivity contribution in [3.8, 4) is 17.1 Å². The van der Waals surface area contributed by atoms with Gasteiger partial charge in [-0.1, -0.05) is 41.6 Å². The number of ether oxygens (including phenoxy) is 1. The van der Waals surface area contributed by atoms with Gasteiger partial charge in [-0.25, -0.2) is 4.68 Å². The molecule has 1 amide bonds. The maximum atomic E-state index is 12.3. The number of halogens is 3. The Bertz CT molecular complexity index is 1020. The van der Waals surface area contributed by atoms with Crippen LogP contribution in [0.15, 0.2) is 53.7 Å². The molecule has 3 aromatic rings. The van der Waals surface area contributed by atoms with Crippen LogP contribution in [0, 0.1) is 0 Å². The van der Waals surface area contributed by atoms with Crippen LogP contribution in [-0.2, 0) is 4.79 Å². The van der Waals surface area contributed by atoms with E-state index in [4.69, 9.17) is 17.4 Å². The second-order valence-corrected chi connectivity index (χ2v) is 7.53. The molecule has 0 aliphatic rings. The minimum atomic E-state index is -2.90. The molecule has 0 fully saturated rings. The lowest BCUT2D eigenvalue weighted by molar-refractivity contribution is -0.119. The van der Waals surface area contributed by atoms with Crippen molar-refractivity contribution in [2.45, 2.75) is 24.7 Å². The third-order valence-electron chi connectivity index (χ3n) is 4.08. The lowest BCUT2D eigenvalue weighted by Gasteiger charge is -2.15. The van der Waals surface area contributed by atoms with Crippen molar-refractivity contribution in [2.24, 2.45) is 0 Å². The van der Waals surface area contributed by atoms with Gasteiger partial charge in [0, 0.05) is 10.6 Å². The molecule has 158 valence electrons. The molecule has 0 bridgehead atoms. The van der Waals surface area contributed by atoms with Crippen molar-refractivity contribution in [2.75, 3.05) is 11.6 Å². The highest BCUT2D eigenvalue weighted by Gasteiger charge is 2.16. The Balaban J connectivity index is 1.60. The van der Waals surface area contributed by atoms with Crippen LogP contribution < -0.4 is 15.9 Å². The summed E-state index contributed by atoms with van der Waals surface area (Å²) in [5.41, 5.74) is 1.39. The van der Waals surface area contributed by atoms with E-state index in [9.17, 15) is 13.6 Å². The number of carbonyl (C=O) groups excluding carboxylic acids is 1. The molecule has 3 N–H and O–H groups in total. The van der Waals surface area contributed by atoms with E-state index in [-0.39, 0.29) is 23.5 Å². The number of nitrogens with one attached hydrogen (secondary N) is 1. The molecule has 0 aliphatic carbocycles. The van der Waals surface area contributed by atoms with Crippen LogP contribution in [0.25, 0.3) is 11.4 Å². The Kier molecular flexibility index (Phi) is 7.11. The number of hydrogen-bond donors (Lipinski definition) is 2. The van der Waals surface area contributed by atoms with Crippen molar-refractivity contribution < 1.29 is 18.3 Å². The molecule has 0 radical (unpaired) electrons. The van der Waals surface area contributed by atoms with Gasteiger partial charge in [0.25, 0.3) is 0 Å². The molecule has 1 heterocycles. The summed E-state index contributed by atoms with van der Waals surface area (Å²) in [5.74, 6) is 6.23. The van der Waals surface area contributed by atoms with E-state index in [1.165, 1.54) is 28.9 Å². The second-order valence-electron chi connectivity index (χ2n) is 6.18. The molecule has 0 saturated heterocycles. The highest BCUT2D eigenvalue weighted by atomic mass is 35.5. The third kappa shape index (κ3) is 5.39. The van der Waals surface area contributed by atoms with E-state index in [0.717, 1.165) is 17.3 Å². The number of rotatable bonds is 8. The summed E-state index contributed by atoms with van der Waals surface area (Å²) in [5, 5.41) is 11.8. The molecular formula is C19H18ClF2N5O2S. The zero-order valence-corrected chi connectivity index (χ0v) is 17.3. The zero-order valence-electron chi connectivity index (χ0n) is 15.8. The van der Waals surface area contributed by atoms with Crippen molar-refractivity contribution in [3.05, 3.63) is 59.1 Å². The third-order valence-corrected chi connectivity index (χ3v) is 5.37. The quantitative estimate of drug-likeness (QED) is 0.397. The smallest absolute Gasteiger partial charge is 0.387 e. The molecule has 1 aromatic heterocycles. The fourth-order valence-electron chi connectivity index (χ4n) is 2.68. The van der Waals surface area contributed by atoms with E-state index < -0.39 is 6.61 Å². The van der Waals surface area contributed by atoms with Crippen LogP contribution in [0.3, 0.4) is 0 Å². The van der Waals surface area contributed by atoms with Crippen molar-refractivity contribution in [1.29, 1.82) is 0 Å². The molecule has 7 nitrogen and oxygen atoms in total. The highest BCUT2D eigenvalue weighted by molar-refractivity contribution is 7.99. The monoisotopic (exact) mass is 453 g/mol. The molecule has 1 atom stereocenters. The molecule has 0 saturated carbocycles. The topological polar surface area (TPSA) is 95.1 Å². The SMILES string of the molecule is CC(NC(=O)CSc1nnc(-c2ccc(OC(F)F)cc2)n1N)c1ccccc1Cl. The van der Waals surface area contributed by atoms with Crippen LogP contribution in [0.5, 0.6) is 5.75 Å². The minimum absolute atomic E-state index is 0.0238. The first kappa shape index (κ1) is 21.8. The molecule has 2 aromatic carbocycles. The van der Waals surface area contributed by atoms with E-state index in [2.05, 4.69) is 20.3 Å². The van der Waals surface area contributed by atoms with E-state index in [1.54, 1.807) is 6.07 Å². The van der Waals surface area contributed by atoms with Crippen LogP contribution in [0.1, 0.15) is 18.5 Å². The van der Waals surface area contributed by atoms with Gasteiger partial charge >= 0.3 is 6.61 Å². The van der Waals surface area contributed by atoms with Gasteiger partial charge in [0.05, 0.1) is 11.8 Å². The average Bonchev–Trinajstić information content (AvgIpc) is 3.07. The Morgan fingerprint density at radius 2 is 1.93 bits per heavy atom. The van der Waals surface area contributed by atoms with Crippen LogP contribution >= 0.6 is 23.4 Å². The fraction of sp³-hybridized carbons (Fsp3) is 0.211. The zero-order chi connectivity index (χ0) is 21.7. The van der Waals surface area contributed by atoms with Crippen molar-refractivity contribution in [3.63, 3.8) is 0 Å². The van der Waals surface area contributed by atoms with Gasteiger partial charge in [-0.15, -0.1) is 10.2 Å². The minimum Gasteiger partial charge on any atom is -0.435 e. The Morgan fingerprint density at radius 1 is 1.23 bits per heavy atom. The molecule has 30 heavy (non-hydrogen) atoms. The Labute approximate surface area is 180 Å². The largest absolute Gasteiger partial charge is 0.435 e. The summed E-state index contributed by atoms with van der Waals surface area (Å²) in [6.07, 6.45) is 0. The number of nitrogens with two attached hydrogens (primary N) is 1. The summed E-state index contributed by atoms with van der Waals surface area (Å²) >= 11 is 7.27. The van der Waals surface area contributed by atoms with Gasteiger partial charge in [-0.2, -0.15) is 8.78 Å². The maximum absolute atomic E-state index is 12.3. The van der Waals surface area contributed by atoms with Crippen LogP contribution in [0.2, 0.25) is 5.02 Å². The van der Waals surface area contributed by atoms with Gasteiger partial charge in [-0.3, -0.25) is 4.79 Å². The molecular weight excluding hydrogens is 436 g/mol. The number of amides is 1. The van der Waals surface area contributed by atoms with Gasteiger partial charge in [-0.05, 0) is 42.8 Å². The van der Waals surface area contributed by atoms with Gasteiger partial charge in [0.15, 0.2) is 5.82 Å². The number of nitrogens with zero attached hydrogens (tertiary/aromatic N) is 3. The number of aromatic nitrogens is 3. The predicted molar refractivity (Wildman–Crippen MR) is 111 cm³/mol. The van der Waals surface area contributed by atoms with E-state index >= 15 is 0 Å². The first-order chi connectivity index (χ1) is 14.3. The lowest BCUT2D eigenvalue weighted by atomic mass is 10.1. The molecule has 11 heteroatoms. The number of carbonyl (C=O) groups is 1. The number of nitrogen functional groups attached to an aromatic ring is 1. The van der Waals surface area contributed by atoms with Crippen molar-refractivity contribution in [1.82, 2.24) is 20.2 Å². The number of thioether (sulfide) groups is 1. The summed E-state index contributed by atoms with van der Waals surface area (Å²) in [6.45, 7) is -1.06. The Morgan fingerprint density at radius 3 is 2.60 bits per heavy atom. The summed E-state index contributed by atoms with van der Waals surface area (Å²) in [7, 11) is 0. The molecule has 0 aliphatic heterocycles. The summed E-state index contributed by atoms with van der Waals surface area (Å²) in [6, 6.07) is 12.9. The summed E-state index contributed by atoms with van der Waals surface area (Å²) in [4.78, 5) is 12.3. The summed E-state index contributed by atoms with van der Waals surface area (Å²) < 4.78 is 30.0. The average molecular weight is 454 g/mol. The van der Waals surface area contributed by atoms with E-state index in [0.29, 0.717) is 21.6 Å². The van der Waals surface area contributed by atoms with Crippen LogP contribution in [0.4, 0.5) is 8.78 Å². The predicted octanol–water partition coefficient (Wildman–Crippen LogP) is 3.88. The fourth-order valence-corrected chi connectivity index (χ4v) is 3.64. The van der Waals surface area contributed by atoms with Crippen molar-refractivity contribution >= 4 is 29.3 Å². The first-order valence-electron chi connectivity index (χ1n) is 8.77. The van der Waals surface area contributed by atoms with Gasteiger partial charge in [0.1, 0.15) is 5.75 Å². The highest BCUT2D eigenvalue weighted by Crippen LogP contribution is 2.25. The van der Waals surface area contributed by atoms with Crippen LogP contribution in [-0.4, -0.2) is 33.1 Å². The van der Waals surface area contributed by atoms with E-state index in [1.807, 2.05) is 25.1 Å². The van der Waals surface area contributed by atoms with Gasteiger partial charge < -0.3 is 15.9 Å². The normalized spacial score (nSPS) is 12.0. The van der Waals surface area contributed by atoms with Gasteiger partial charge in [0.2, 0.25) is 11.1 Å². The maximum Gasteiger partial charge on any atom is 0.387 e. The molecule has 0 spiro atoms. The second kappa shape index (κ2) is 9.77. The first-order valence-corrected chi connectivity index (χ1v) is 10.1. The lowest BCUT2D eigenvalue weighted by Crippen LogP contribution is -2.28. The number of hydrogen-bond acceptors (Lipinski definition) is 6. The number of benzene rings is 2. The standard InChI is InChI=1S/C19H18ClF2N5O2S/c1-11(14-4-2-3-5-15(14)20)24-16(28)10-30-19-26-25-17(27(19)23)12-6-8-13(9-7-12)29-18(21)22/h2-9,11,18H,10,23H2,1H3,(H,24,28). The molecule has 3 rings (SSSR count). The number of alkyl halides is 2. The Hall–Kier alpha value is -2.85.